The third-order valence-corrected chi connectivity index (χ3v) is 4.25. The van der Waals surface area contributed by atoms with Gasteiger partial charge in [0.25, 0.3) is 0 Å². The van der Waals surface area contributed by atoms with Gasteiger partial charge in [0.1, 0.15) is 0 Å². The second-order valence-electron chi connectivity index (χ2n) is 4.41. The van der Waals surface area contributed by atoms with Crippen LogP contribution in [0.3, 0.4) is 0 Å². The molecule has 14 heavy (non-hydrogen) atoms. The van der Waals surface area contributed by atoms with E-state index in [1.807, 2.05) is 5.51 Å². The average molecular weight is 210 g/mol. The van der Waals surface area contributed by atoms with Crippen molar-refractivity contribution in [1.82, 2.24) is 10.3 Å². The van der Waals surface area contributed by atoms with Gasteiger partial charge in [0.05, 0.1) is 11.2 Å². The lowest BCUT2D eigenvalue weighted by Crippen LogP contribution is -2.21. The molecule has 1 fully saturated rings. The normalized spacial score (nSPS) is 27.6. The summed E-state index contributed by atoms with van der Waals surface area (Å²) in [5.74, 6) is 1.86. The van der Waals surface area contributed by atoms with Crippen LogP contribution in [-0.2, 0) is 0 Å². The first-order valence-corrected chi connectivity index (χ1v) is 6.19. The van der Waals surface area contributed by atoms with Crippen molar-refractivity contribution in [3.63, 3.8) is 0 Å². The summed E-state index contributed by atoms with van der Waals surface area (Å²) in [5, 5.41) is 3.59. The first kappa shape index (κ1) is 10.1. The Morgan fingerprint density at radius 1 is 1.71 bits per heavy atom. The zero-order valence-corrected chi connectivity index (χ0v) is 9.90. The zero-order valence-electron chi connectivity index (χ0n) is 9.08. The zero-order chi connectivity index (χ0) is 10.1. The van der Waals surface area contributed by atoms with Crippen molar-refractivity contribution in [3.05, 3.63) is 16.1 Å². The van der Waals surface area contributed by atoms with Crippen molar-refractivity contribution < 1.29 is 0 Å². The minimum absolute atomic E-state index is 0.468. The third kappa shape index (κ3) is 2.15. The van der Waals surface area contributed by atoms with E-state index in [1.165, 1.54) is 23.5 Å². The first-order valence-electron chi connectivity index (χ1n) is 5.32. The molecule has 0 amide bonds. The van der Waals surface area contributed by atoms with E-state index in [9.17, 15) is 0 Å². The summed E-state index contributed by atoms with van der Waals surface area (Å²) in [6.45, 7) is 7.81. The standard InChI is InChI=1S/C11H18N2S/c1-7-4-10(7)5-12-8(2)11-9(3)13-6-14-11/h6-8,10,12H,4-5H2,1-3H3. The Morgan fingerprint density at radius 3 is 2.93 bits per heavy atom. The summed E-state index contributed by atoms with van der Waals surface area (Å²) >= 11 is 1.76. The lowest BCUT2D eigenvalue weighted by molar-refractivity contribution is 0.538. The van der Waals surface area contributed by atoms with Crippen LogP contribution in [0.5, 0.6) is 0 Å². The molecule has 2 nitrogen and oxygen atoms in total. The average Bonchev–Trinajstić information content (AvgIpc) is 2.67. The van der Waals surface area contributed by atoms with E-state index in [1.54, 1.807) is 11.3 Å². The lowest BCUT2D eigenvalue weighted by Gasteiger charge is -2.12. The summed E-state index contributed by atoms with van der Waals surface area (Å²) in [6, 6.07) is 0.468. The van der Waals surface area contributed by atoms with Gasteiger partial charge in [0.2, 0.25) is 0 Å². The Bertz CT molecular complexity index is 308. The largest absolute Gasteiger partial charge is 0.309 e. The number of hydrogen-bond acceptors (Lipinski definition) is 3. The number of nitrogens with zero attached hydrogens (tertiary/aromatic N) is 1. The molecular weight excluding hydrogens is 192 g/mol. The highest BCUT2D eigenvalue weighted by Gasteiger charge is 2.32. The van der Waals surface area contributed by atoms with Gasteiger partial charge in [-0.3, -0.25) is 0 Å². The van der Waals surface area contributed by atoms with Crippen LogP contribution in [-0.4, -0.2) is 11.5 Å². The minimum Gasteiger partial charge on any atom is -0.309 e. The molecule has 3 heteroatoms. The second-order valence-corrected chi connectivity index (χ2v) is 5.29. The van der Waals surface area contributed by atoms with Crippen LogP contribution in [0.2, 0.25) is 0 Å². The summed E-state index contributed by atoms with van der Waals surface area (Å²) in [7, 11) is 0. The Balaban J connectivity index is 1.83. The van der Waals surface area contributed by atoms with Crippen LogP contribution in [0.1, 0.15) is 36.9 Å². The maximum atomic E-state index is 4.27. The molecule has 3 unspecified atom stereocenters. The van der Waals surface area contributed by atoms with E-state index in [0.29, 0.717) is 6.04 Å². The van der Waals surface area contributed by atoms with Gasteiger partial charge >= 0.3 is 0 Å². The number of aromatic nitrogens is 1. The van der Waals surface area contributed by atoms with Crippen LogP contribution in [0.15, 0.2) is 5.51 Å². The van der Waals surface area contributed by atoms with Crippen LogP contribution >= 0.6 is 11.3 Å². The first-order chi connectivity index (χ1) is 6.68. The molecule has 78 valence electrons. The fourth-order valence-corrected chi connectivity index (χ4v) is 2.67. The van der Waals surface area contributed by atoms with Crippen LogP contribution in [0, 0.1) is 18.8 Å². The lowest BCUT2D eigenvalue weighted by atomic mass is 10.2. The number of rotatable bonds is 4. The molecule has 1 aliphatic carbocycles. The molecule has 1 N–H and O–H groups in total. The molecule has 0 spiro atoms. The van der Waals surface area contributed by atoms with Gasteiger partial charge in [-0.25, -0.2) is 4.98 Å². The van der Waals surface area contributed by atoms with E-state index < -0.39 is 0 Å². The van der Waals surface area contributed by atoms with Crippen molar-refractivity contribution in [2.24, 2.45) is 11.8 Å². The predicted octanol–water partition coefficient (Wildman–Crippen LogP) is 2.76. The number of thiazole rings is 1. The SMILES string of the molecule is Cc1ncsc1C(C)NCC1CC1C. The molecule has 1 heterocycles. The molecule has 1 saturated carbocycles. The minimum atomic E-state index is 0.468. The summed E-state index contributed by atoms with van der Waals surface area (Å²) in [5.41, 5.74) is 3.11. The van der Waals surface area contributed by atoms with E-state index in [2.05, 4.69) is 31.1 Å². The highest BCUT2D eigenvalue weighted by molar-refractivity contribution is 7.09. The van der Waals surface area contributed by atoms with E-state index in [0.717, 1.165) is 11.8 Å². The molecule has 2 rings (SSSR count). The van der Waals surface area contributed by atoms with Gasteiger partial charge < -0.3 is 5.32 Å². The molecule has 1 aromatic rings. The maximum absolute atomic E-state index is 4.27. The smallest absolute Gasteiger partial charge is 0.0798 e. The predicted molar refractivity (Wildman–Crippen MR) is 60.5 cm³/mol. The van der Waals surface area contributed by atoms with Crippen molar-refractivity contribution in [1.29, 1.82) is 0 Å². The fourth-order valence-electron chi connectivity index (χ4n) is 1.83. The van der Waals surface area contributed by atoms with Crippen LogP contribution in [0.4, 0.5) is 0 Å². The highest BCUT2D eigenvalue weighted by atomic mass is 32.1. The molecule has 1 aromatic heterocycles. The molecule has 0 bridgehead atoms. The van der Waals surface area contributed by atoms with Crippen LogP contribution in [0.25, 0.3) is 0 Å². The second kappa shape index (κ2) is 3.99. The Kier molecular flexibility index (Phi) is 2.88. The topological polar surface area (TPSA) is 24.9 Å². The molecule has 0 aliphatic heterocycles. The number of nitrogens with one attached hydrogen (secondary N) is 1. The molecular formula is C11H18N2S. The maximum Gasteiger partial charge on any atom is 0.0798 e. The third-order valence-electron chi connectivity index (χ3n) is 3.14. The monoisotopic (exact) mass is 210 g/mol. The van der Waals surface area contributed by atoms with E-state index in [-0.39, 0.29) is 0 Å². The highest BCUT2D eigenvalue weighted by Crippen LogP contribution is 2.37. The molecule has 3 atom stereocenters. The Labute approximate surface area is 89.8 Å². The van der Waals surface area contributed by atoms with Gasteiger partial charge in [0, 0.05) is 10.9 Å². The van der Waals surface area contributed by atoms with Crippen molar-refractivity contribution >= 4 is 11.3 Å². The number of aryl methyl sites for hydroxylation is 1. The molecule has 0 radical (unpaired) electrons. The van der Waals surface area contributed by atoms with Gasteiger partial charge in [-0.15, -0.1) is 11.3 Å². The van der Waals surface area contributed by atoms with Crippen molar-refractivity contribution in [3.8, 4) is 0 Å². The van der Waals surface area contributed by atoms with E-state index >= 15 is 0 Å². The van der Waals surface area contributed by atoms with Crippen LogP contribution < -0.4 is 5.32 Å². The molecule has 1 aliphatic rings. The molecule has 0 aromatic carbocycles. The molecule has 0 saturated heterocycles. The number of hydrogen-bond donors (Lipinski definition) is 1. The van der Waals surface area contributed by atoms with Crippen molar-refractivity contribution in [2.45, 2.75) is 33.2 Å². The summed E-state index contributed by atoms with van der Waals surface area (Å²) in [6.07, 6.45) is 1.40. The van der Waals surface area contributed by atoms with Gasteiger partial charge in [0.15, 0.2) is 0 Å². The quantitative estimate of drug-likeness (QED) is 0.826. The van der Waals surface area contributed by atoms with Gasteiger partial charge in [-0.1, -0.05) is 6.92 Å². The Morgan fingerprint density at radius 2 is 2.43 bits per heavy atom. The van der Waals surface area contributed by atoms with Crippen molar-refractivity contribution in [2.75, 3.05) is 6.54 Å². The van der Waals surface area contributed by atoms with Gasteiger partial charge in [-0.2, -0.15) is 0 Å². The summed E-state index contributed by atoms with van der Waals surface area (Å²) in [4.78, 5) is 5.66. The Hall–Kier alpha value is -0.410. The summed E-state index contributed by atoms with van der Waals surface area (Å²) < 4.78 is 0. The fraction of sp³-hybridized carbons (Fsp3) is 0.727. The van der Waals surface area contributed by atoms with Gasteiger partial charge in [-0.05, 0) is 38.6 Å². The van der Waals surface area contributed by atoms with E-state index in [4.69, 9.17) is 0 Å².